The Morgan fingerprint density at radius 2 is 2.17 bits per heavy atom. The number of carbonyl (C=O) groups is 2. The van der Waals surface area contributed by atoms with Crippen molar-refractivity contribution in [2.24, 2.45) is 5.92 Å². The predicted molar refractivity (Wildman–Crippen MR) is 92.1 cm³/mol. The Morgan fingerprint density at radius 3 is 2.83 bits per heavy atom. The summed E-state index contributed by atoms with van der Waals surface area (Å²) in [5.41, 5.74) is 0. The second kappa shape index (κ2) is 7.94. The molecule has 2 amide bonds. The monoisotopic (exact) mass is 352 g/mol. The van der Waals surface area contributed by atoms with Crippen molar-refractivity contribution < 1.29 is 14.3 Å². The predicted octanol–water partition coefficient (Wildman–Crippen LogP) is 0.677. The van der Waals surface area contributed by atoms with Crippen molar-refractivity contribution >= 4 is 28.3 Å². The molecule has 7 nitrogen and oxygen atoms in total. The quantitative estimate of drug-likeness (QED) is 0.705. The first kappa shape index (κ1) is 17.2. The van der Waals surface area contributed by atoms with E-state index in [2.05, 4.69) is 9.88 Å². The van der Waals surface area contributed by atoms with Gasteiger partial charge in [0, 0.05) is 71.0 Å². The smallest absolute Gasteiger partial charge is 0.228 e. The first-order valence-electron chi connectivity index (χ1n) is 8.39. The molecule has 2 aliphatic rings. The number of anilines is 1. The van der Waals surface area contributed by atoms with Crippen molar-refractivity contribution in [3.05, 3.63) is 11.6 Å². The summed E-state index contributed by atoms with van der Waals surface area (Å²) in [5, 5.41) is 2.98. The zero-order chi connectivity index (χ0) is 16.9. The SMILES string of the molecule is COCCCN1C[C@@H](C(=O)N2CCN(c3nccs3)CC2)CC1=O. The molecular weight excluding hydrogens is 328 g/mol. The van der Waals surface area contributed by atoms with E-state index < -0.39 is 0 Å². The molecule has 1 aromatic heterocycles. The van der Waals surface area contributed by atoms with E-state index in [9.17, 15) is 9.59 Å². The van der Waals surface area contributed by atoms with E-state index in [0.717, 1.165) is 24.6 Å². The minimum atomic E-state index is -0.188. The zero-order valence-corrected chi connectivity index (χ0v) is 14.8. The maximum atomic E-state index is 12.7. The molecule has 2 saturated heterocycles. The van der Waals surface area contributed by atoms with Crippen molar-refractivity contribution in [1.29, 1.82) is 0 Å². The number of amides is 2. The summed E-state index contributed by atoms with van der Waals surface area (Å²) >= 11 is 1.62. The zero-order valence-electron chi connectivity index (χ0n) is 14.0. The molecule has 0 N–H and O–H groups in total. The van der Waals surface area contributed by atoms with Crippen molar-refractivity contribution in [3.63, 3.8) is 0 Å². The van der Waals surface area contributed by atoms with Crippen molar-refractivity contribution in [2.75, 3.05) is 57.9 Å². The van der Waals surface area contributed by atoms with Gasteiger partial charge in [-0.2, -0.15) is 0 Å². The Morgan fingerprint density at radius 1 is 1.38 bits per heavy atom. The fourth-order valence-corrected chi connectivity index (χ4v) is 4.00. The lowest BCUT2D eigenvalue weighted by Crippen LogP contribution is -2.50. The fourth-order valence-electron chi connectivity index (χ4n) is 3.30. The van der Waals surface area contributed by atoms with Gasteiger partial charge in [0.15, 0.2) is 5.13 Å². The Balaban J connectivity index is 1.48. The molecular formula is C16H24N4O3S. The van der Waals surface area contributed by atoms with Gasteiger partial charge in [-0.25, -0.2) is 4.98 Å². The van der Waals surface area contributed by atoms with E-state index in [-0.39, 0.29) is 17.7 Å². The van der Waals surface area contributed by atoms with Crippen LogP contribution in [0.5, 0.6) is 0 Å². The van der Waals surface area contributed by atoms with Gasteiger partial charge in [-0.1, -0.05) is 0 Å². The molecule has 2 fully saturated rings. The van der Waals surface area contributed by atoms with Crippen LogP contribution in [0.4, 0.5) is 5.13 Å². The van der Waals surface area contributed by atoms with Crippen LogP contribution in [-0.4, -0.2) is 79.6 Å². The molecule has 132 valence electrons. The normalized spacial score (nSPS) is 21.6. The fraction of sp³-hybridized carbons (Fsp3) is 0.688. The van der Waals surface area contributed by atoms with Gasteiger partial charge in [-0.05, 0) is 6.42 Å². The molecule has 24 heavy (non-hydrogen) atoms. The number of hydrogen-bond donors (Lipinski definition) is 0. The van der Waals surface area contributed by atoms with Gasteiger partial charge in [-0.15, -0.1) is 11.3 Å². The topological polar surface area (TPSA) is 66.0 Å². The lowest BCUT2D eigenvalue weighted by Gasteiger charge is -2.35. The minimum Gasteiger partial charge on any atom is -0.385 e. The Kier molecular flexibility index (Phi) is 5.68. The van der Waals surface area contributed by atoms with E-state index in [1.165, 1.54) is 0 Å². The minimum absolute atomic E-state index is 0.0888. The van der Waals surface area contributed by atoms with Crippen LogP contribution in [-0.2, 0) is 14.3 Å². The first-order valence-corrected chi connectivity index (χ1v) is 9.27. The number of aromatic nitrogens is 1. The molecule has 0 spiro atoms. The van der Waals surface area contributed by atoms with Crippen LogP contribution in [0.1, 0.15) is 12.8 Å². The van der Waals surface area contributed by atoms with Crippen LogP contribution in [0.3, 0.4) is 0 Å². The van der Waals surface area contributed by atoms with E-state index in [1.54, 1.807) is 29.5 Å². The molecule has 1 atom stereocenters. The molecule has 0 saturated carbocycles. The summed E-state index contributed by atoms with van der Waals surface area (Å²) in [6.07, 6.45) is 2.97. The van der Waals surface area contributed by atoms with E-state index in [1.807, 2.05) is 10.3 Å². The molecule has 3 rings (SSSR count). The van der Waals surface area contributed by atoms with Crippen LogP contribution in [0.25, 0.3) is 0 Å². The van der Waals surface area contributed by atoms with E-state index in [4.69, 9.17) is 4.74 Å². The number of methoxy groups -OCH3 is 1. The van der Waals surface area contributed by atoms with Gasteiger partial charge in [0.1, 0.15) is 0 Å². The van der Waals surface area contributed by atoms with Crippen LogP contribution in [0.2, 0.25) is 0 Å². The number of likely N-dealkylation sites (tertiary alicyclic amines) is 1. The Labute approximate surface area is 146 Å². The van der Waals surface area contributed by atoms with Crippen LogP contribution >= 0.6 is 11.3 Å². The van der Waals surface area contributed by atoms with E-state index >= 15 is 0 Å². The third-order valence-electron chi connectivity index (χ3n) is 4.62. The largest absolute Gasteiger partial charge is 0.385 e. The Hall–Kier alpha value is -1.67. The van der Waals surface area contributed by atoms with Gasteiger partial charge < -0.3 is 19.4 Å². The molecule has 2 aliphatic heterocycles. The second-order valence-electron chi connectivity index (χ2n) is 6.21. The maximum absolute atomic E-state index is 12.7. The average molecular weight is 352 g/mol. The van der Waals surface area contributed by atoms with Crippen LogP contribution in [0, 0.1) is 5.92 Å². The highest BCUT2D eigenvalue weighted by Crippen LogP contribution is 2.23. The Bertz CT molecular complexity index is 558. The number of nitrogens with zero attached hydrogens (tertiary/aromatic N) is 4. The van der Waals surface area contributed by atoms with Gasteiger partial charge in [0.05, 0.1) is 5.92 Å². The van der Waals surface area contributed by atoms with Crippen molar-refractivity contribution in [1.82, 2.24) is 14.8 Å². The molecule has 3 heterocycles. The molecule has 1 aromatic rings. The van der Waals surface area contributed by atoms with Gasteiger partial charge >= 0.3 is 0 Å². The second-order valence-corrected chi connectivity index (χ2v) is 7.09. The van der Waals surface area contributed by atoms with Gasteiger partial charge in [0.25, 0.3) is 0 Å². The lowest BCUT2D eigenvalue weighted by atomic mass is 10.1. The van der Waals surface area contributed by atoms with E-state index in [0.29, 0.717) is 39.2 Å². The highest BCUT2D eigenvalue weighted by atomic mass is 32.1. The molecule has 0 radical (unpaired) electrons. The number of hydrogen-bond acceptors (Lipinski definition) is 6. The third-order valence-corrected chi connectivity index (χ3v) is 5.45. The number of ether oxygens (including phenoxy) is 1. The maximum Gasteiger partial charge on any atom is 0.228 e. The number of carbonyl (C=O) groups excluding carboxylic acids is 2. The highest BCUT2D eigenvalue weighted by Gasteiger charge is 2.37. The van der Waals surface area contributed by atoms with Crippen LogP contribution in [0.15, 0.2) is 11.6 Å². The number of thiazole rings is 1. The molecule has 0 aliphatic carbocycles. The summed E-state index contributed by atoms with van der Waals surface area (Å²) in [7, 11) is 1.66. The number of piperazine rings is 1. The first-order chi connectivity index (χ1) is 11.7. The van der Waals surface area contributed by atoms with Crippen LogP contribution < -0.4 is 4.90 Å². The third kappa shape index (κ3) is 3.87. The summed E-state index contributed by atoms with van der Waals surface area (Å²) in [5.74, 6) is 0.0220. The lowest BCUT2D eigenvalue weighted by molar-refractivity contribution is -0.136. The molecule has 8 heteroatoms. The van der Waals surface area contributed by atoms with Crippen molar-refractivity contribution in [3.8, 4) is 0 Å². The summed E-state index contributed by atoms with van der Waals surface area (Å²) in [4.78, 5) is 35.0. The molecule has 0 aromatic carbocycles. The summed E-state index contributed by atoms with van der Waals surface area (Å²) in [6, 6.07) is 0. The van der Waals surface area contributed by atoms with Gasteiger partial charge in [-0.3, -0.25) is 9.59 Å². The number of rotatable bonds is 6. The van der Waals surface area contributed by atoms with Gasteiger partial charge in [0.2, 0.25) is 11.8 Å². The molecule has 0 unspecified atom stereocenters. The summed E-state index contributed by atoms with van der Waals surface area (Å²) < 4.78 is 5.02. The standard InChI is InChI=1S/C16H24N4O3S/c1-23-9-2-4-20-12-13(11-14(20)21)15(22)18-5-7-19(8-6-18)16-17-3-10-24-16/h3,10,13H,2,4-9,11-12H2,1H3/t13-/m0/s1. The van der Waals surface area contributed by atoms with Crippen molar-refractivity contribution in [2.45, 2.75) is 12.8 Å². The summed E-state index contributed by atoms with van der Waals surface area (Å²) in [6.45, 7) is 4.87. The molecule has 0 bridgehead atoms. The highest BCUT2D eigenvalue weighted by molar-refractivity contribution is 7.13. The average Bonchev–Trinajstić information content (AvgIpc) is 3.25.